The number of allylic oxidation sites excluding steroid dienone is 6. The molecule has 0 aromatic heterocycles. The van der Waals surface area contributed by atoms with Gasteiger partial charge < -0.3 is 20.3 Å². The predicted octanol–water partition coefficient (Wildman–Crippen LogP) is 25.8. The summed E-state index contributed by atoms with van der Waals surface area (Å²) in [6.07, 6.45) is 98.2. The maximum atomic E-state index is 12.5. The van der Waals surface area contributed by atoms with Crippen molar-refractivity contribution in [3.05, 3.63) is 36.5 Å². The van der Waals surface area contributed by atoms with E-state index in [9.17, 15) is 19.8 Å². The van der Waals surface area contributed by atoms with Crippen LogP contribution in [0.4, 0.5) is 0 Å². The van der Waals surface area contributed by atoms with Crippen LogP contribution in [0.25, 0.3) is 0 Å². The number of unbranched alkanes of at least 4 members (excludes halogenated alkanes) is 57. The smallest absolute Gasteiger partial charge is 0.305 e. The van der Waals surface area contributed by atoms with Crippen LogP contribution in [-0.4, -0.2) is 47.4 Å². The first-order chi connectivity index (χ1) is 42.5. The Balaban J connectivity index is 3.32. The van der Waals surface area contributed by atoms with Gasteiger partial charge in [0.05, 0.1) is 25.4 Å². The minimum Gasteiger partial charge on any atom is -0.466 e. The van der Waals surface area contributed by atoms with Gasteiger partial charge in [-0.25, -0.2) is 0 Å². The first-order valence-corrected chi connectivity index (χ1v) is 39.2. The topological polar surface area (TPSA) is 95.9 Å². The number of hydrogen-bond acceptors (Lipinski definition) is 5. The van der Waals surface area contributed by atoms with E-state index in [4.69, 9.17) is 4.74 Å². The lowest BCUT2D eigenvalue weighted by Crippen LogP contribution is -2.45. The summed E-state index contributed by atoms with van der Waals surface area (Å²) in [6, 6.07) is -0.538. The Labute approximate surface area is 538 Å². The first-order valence-electron chi connectivity index (χ1n) is 39.2. The molecule has 0 fully saturated rings. The highest BCUT2D eigenvalue weighted by Crippen LogP contribution is 2.20. The fourth-order valence-electron chi connectivity index (χ4n) is 12.4. The molecule has 6 nitrogen and oxygen atoms in total. The fourth-order valence-corrected chi connectivity index (χ4v) is 12.4. The van der Waals surface area contributed by atoms with Crippen LogP contribution in [0.2, 0.25) is 0 Å². The van der Waals surface area contributed by atoms with Crippen LogP contribution in [0.3, 0.4) is 0 Å². The Kier molecular flexibility index (Phi) is 73.9. The third-order valence-electron chi connectivity index (χ3n) is 18.4. The van der Waals surface area contributed by atoms with Crippen molar-refractivity contribution in [1.82, 2.24) is 5.32 Å². The number of carbonyl (C=O) groups is 2. The summed E-state index contributed by atoms with van der Waals surface area (Å²) in [6.45, 7) is 4.93. The zero-order valence-corrected chi connectivity index (χ0v) is 58.3. The lowest BCUT2D eigenvalue weighted by atomic mass is 10.0. The minimum atomic E-state index is -0.661. The van der Waals surface area contributed by atoms with Gasteiger partial charge in [-0.2, -0.15) is 0 Å². The van der Waals surface area contributed by atoms with E-state index in [0.29, 0.717) is 25.9 Å². The summed E-state index contributed by atoms with van der Waals surface area (Å²) in [5, 5.41) is 23.4. The summed E-state index contributed by atoms with van der Waals surface area (Å²) < 4.78 is 5.48. The van der Waals surface area contributed by atoms with E-state index >= 15 is 0 Å². The van der Waals surface area contributed by atoms with Gasteiger partial charge in [-0.3, -0.25) is 9.59 Å². The molecule has 86 heavy (non-hydrogen) atoms. The van der Waals surface area contributed by atoms with Crippen molar-refractivity contribution in [2.45, 2.75) is 450 Å². The van der Waals surface area contributed by atoms with Gasteiger partial charge in [-0.15, -0.1) is 0 Å². The third kappa shape index (κ3) is 71.2. The molecule has 2 atom stereocenters. The molecule has 0 spiro atoms. The summed E-state index contributed by atoms with van der Waals surface area (Å²) in [4.78, 5) is 24.6. The Morgan fingerprint density at radius 1 is 0.326 bits per heavy atom. The van der Waals surface area contributed by atoms with Gasteiger partial charge in [0.1, 0.15) is 0 Å². The lowest BCUT2D eigenvalue weighted by molar-refractivity contribution is -0.143. The molecule has 6 heteroatoms. The van der Waals surface area contributed by atoms with E-state index in [1.54, 1.807) is 0 Å². The van der Waals surface area contributed by atoms with Crippen LogP contribution in [0, 0.1) is 0 Å². The van der Waals surface area contributed by atoms with Gasteiger partial charge in [0, 0.05) is 12.8 Å². The van der Waals surface area contributed by atoms with E-state index in [0.717, 1.165) is 51.4 Å². The van der Waals surface area contributed by atoms with Gasteiger partial charge in [-0.1, -0.05) is 384 Å². The highest BCUT2D eigenvalue weighted by atomic mass is 16.5. The lowest BCUT2D eigenvalue weighted by Gasteiger charge is -2.22. The van der Waals surface area contributed by atoms with Gasteiger partial charge >= 0.3 is 5.97 Å². The molecule has 0 aromatic carbocycles. The number of carbonyl (C=O) groups excluding carboxylic acids is 2. The van der Waals surface area contributed by atoms with Crippen molar-refractivity contribution < 1.29 is 24.5 Å². The van der Waals surface area contributed by atoms with Crippen molar-refractivity contribution in [3.63, 3.8) is 0 Å². The molecule has 0 aliphatic rings. The van der Waals surface area contributed by atoms with E-state index in [1.165, 1.54) is 353 Å². The summed E-state index contributed by atoms with van der Waals surface area (Å²) in [5.41, 5.74) is 0. The predicted molar refractivity (Wildman–Crippen MR) is 379 cm³/mol. The van der Waals surface area contributed by atoms with Crippen molar-refractivity contribution >= 4 is 11.9 Å². The van der Waals surface area contributed by atoms with Crippen LogP contribution in [0.15, 0.2) is 36.5 Å². The molecule has 2 unspecified atom stereocenters. The number of esters is 1. The molecule has 0 rings (SSSR count). The molecular formula is C80H153NO5. The van der Waals surface area contributed by atoms with Crippen LogP contribution < -0.4 is 5.32 Å². The Bertz CT molecular complexity index is 1390. The molecule has 0 aliphatic heterocycles. The minimum absolute atomic E-state index is 0.00748. The standard InChI is InChI=1S/C80H153NO5/c1-3-5-7-9-11-13-15-17-18-42-45-49-52-56-60-64-68-72-78(83)77(76-82)81-79(84)73-69-65-61-57-53-50-46-43-40-38-36-34-32-30-28-26-24-22-20-19-21-23-25-27-29-31-33-35-37-39-41-44-47-51-55-59-63-67-71-75-86-80(85)74-70-66-62-58-54-48-16-14-12-10-8-6-4-2/h8,10,14,16,19-20,77-78,82-83H,3-7,9,11-13,15,17-18,21-76H2,1-2H3,(H,81,84)/b10-8-,16-14-,20-19-. The normalized spacial score (nSPS) is 12.7. The second-order valence-electron chi connectivity index (χ2n) is 27.0. The highest BCUT2D eigenvalue weighted by molar-refractivity contribution is 5.76. The number of nitrogens with one attached hydrogen (secondary N) is 1. The SMILES string of the molecule is CCC/C=C\C/C=C\CCCCCCCC(=O)OCCCCCCCCCCCCCCCCCCCC/C=C\CCCCCCCCCCCCCCCCCCCC(=O)NC(CO)C(O)CCCCCCCCCCCCCCCCCCC. The van der Waals surface area contributed by atoms with Gasteiger partial charge in [-0.05, 0) is 77.0 Å². The monoisotopic (exact) mass is 1210 g/mol. The molecule has 508 valence electrons. The second kappa shape index (κ2) is 75.5. The molecule has 0 heterocycles. The summed E-state index contributed by atoms with van der Waals surface area (Å²) >= 11 is 0. The summed E-state index contributed by atoms with van der Waals surface area (Å²) in [7, 11) is 0. The van der Waals surface area contributed by atoms with E-state index in [-0.39, 0.29) is 18.5 Å². The number of rotatable bonds is 74. The zero-order chi connectivity index (χ0) is 62.0. The molecular weight excluding hydrogens is 1050 g/mol. The Morgan fingerprint density at radius 2 is 0.605 bits per heavy atom. The van der Waals surface area contributed by atoms with E-state index in [1.807, 2.05) is 0 Å². The number of aliphatic hydroxyl groups is 2. The van der Waals surface area contributed by atoms with E-state index in [2.05, 4.69) is 55.6 Å². The Morgan fingerprint density at radius 3 is 0.942 bits per heavy atom. The second-order valence-corrected chi connectivity index (χ2v) is 27.0. The van der Waals surface area contributed by atoms with Crippen LogP contribution in [0.1, 0.15) is 438 Å². The molecule has 0 radical (unpaired) electrons. The molecule has 0 aromatic rings. The number of hydrogen-bond donors (Lipinski definition) is 3. The van der Waals surface area contributed by atoms with Crippen molar-refractivity contribution in [3.8, 4) is 0 Å². The van der Waals surface area contributed by atoms with Crippen molar-refractivity contribution in [2.75, 3.05) is 13.2 Å². The average molecular weight is 1210 g/mol. The third-order valence-corrected chi connectivity index (χ3v) is 18.4. The van der Waals surface area contributed by atoms with Gasteiger partial charge in [0.25, 0.3) is 0 Å². The quantitative estimate of drug-likeness (QED) is 0.0320. The average Bonchev–Trinajstić information content (AvgIpc) is 3.59. The summed E-state index contributed by atoms with van der Waals surface area (Å²) in [5.74, 6) is -0.0192. The molecule has 3 N–H and O–H groups in total. The number of ether oxygens (including phenoxy) is 1. The largest absolute Gasteiger partial charge is 0.466 e. The number of amides is 1. The molecule has 0 bridgehead atoms. The maximum Gasteiger partial charge on any atom is 0.305 e. The Hall–Kier alpha value is -1.92. The highest BCUT2D eigenvalue weighted by Gasteiger charge is 2.20. The fraction of sp³-hybridized carbons (Fsp3) is 0.900. The van der Waals surface area contributed by atoms with Crippen molar-refractivity contribution in [2.24, 2.45) is 0 Å². The van der Waals surface area contributed by atoms with Gasteiger partial charge in [0.2, 0.25) is 5.91 Å². The van der Waals surface area contributed by atoms with Crippen LogP contribution in [0.5, 0.6) is 0 Å². The van der Waals surface area contributed by atoms with E-state index < -0.39 is 12.1 Å². The van der Waals surface area contributed by atoms with Crippen LogP contribution in [-0.2, 0) is 14.3 Å². The first kappa shape index (κ1) is 84.1. The molecule has 0 saturated heterocycles. The molecule has 0 saturated carbocycles. The zero-order valence-electron chi connectivity index (χ0n) is 58.3. The maximum absolute atomic E-state index is 12.5. The number of aliphatic hydroxyl groups excluding tert-OH is 2. The molecule has 1 amide bonds. The van der Waals surface area contributed by atoms with Crippen LogP contribution >= 0.6 is 0 Å². The van der Waals surface area contributed by atoms with Gasteiger partial charge in [0.15, 0.2) is 0 Å². The molecule has 0 aliphatic carbocycles. The van der Waals surface area contributed by atoms with Crippen molar-refractivity contribution in [1.29, 1.82) is 0 Å².